The first-order valence-electron chi connectivity index (χ1n) is 6.60. The Morgan fingerprint density at radius 1 is 1.42 bits per heavy atom. The maximum atomic E-state index is 12.4. The Hall–Kier alpha value is -0.810. The molecular weight excluding hydrogens is 276 g/mol. The van der Waals surface area contributed by atoms with Crippen LogP contribution in [0, 0.1) is 19.8 Å². The van der Waals surface area contributed by atoms with Crippen LogP contribution in [-0.2, 0) is 6.54 Å². The van der Waals surface area contributed by atoms with Gasteiger partial charge in [0.25, 0.3) is 5.56 Å². The Kier molecular flexibility index (Phi) is 4.68. The van der Waals surface area contributed by atoms with Gasteiger partial charge in [-0.1, -0.05) is 6.92 Å². The van der Waals surface area contributed by atoms with Crippen molar-refractivity contribution in [2.24, 2.45) is 5.92 Å². The summed E-state index contributed by atoms with van der Waals surface area (Å²) in [6.07, 6.45) is 3.77. The molecule has 0 saturated carbocycles. The minimum Gasteiger partial charge on any atom is -0.299 e. The number of hydrogen-bond donors (Lipinski definition) is 1. The van der Waals surface area contributed by atoms with Gasteiger partial charge in [-0.25, -0.2) is 4.98 Å². The fraction of sp³-hybridized carbons (Fsp3) is 0.571. The van der Waals surface area contributed by atoms with Crippen LogP contribution in [0.4, 0.5) is 0 Å². The van der Waals surface area contributed by atoms with E-state index in [1.54, 1.807) is 22.2 Å². The van der Waals surface area contributed by atoms with Crippen LogP contribution >= 0.6 is 24.0 Å². The van der Waals surface area contributed by atoms with Gasteiger partial charge >= 0.3 is 0 Å². The molecule has 19 heavy (non-hydrogen) atoms. The maximum absolute atomic E-state index is 12.4. The highest BCUT2D eigenvalue weighted by atomic mass is 32.1. The Bertz CT molecular complexity index is 630. The van der Waals surface area contributed by atoms with E-state index in [0.29, 0.717) is 5.92 Å². The van der Waals surface area contributed by atoms with Crippen molar-refractivity contribution in [3.05, 3.63) is 27.1 Å². The van der Waals surface area contributed by atoms with Crippen molar-refractivity contribution in [3.63, 3.8) is 0 Å². The standard InChI is InChI=1S/C14H20N2OS2/c1-9(5-7-18)4-6-16-8-15-13-12(14(16)17)10(2)11(3)19-13/h8-9,18H,4-7H2,1-3H3. The molecular formula is C14H20N2OS2. The average Bonchev–Trinajstić information content (AvgIpc) is 2.65. The molecule has 1 unspecified atom stereocenters. The van der Waals surface area contributed by atoms with Gasteiger partial charge in [0.05, 0.1) is 11.7 Å². The number of rotatable bonds is 5. The molecule has 0 aliphatic heterocycles. The summed E-state index contributed by atoms with van der Waals surface area (Å²) < 4.78 is 1.75. The number of thiol groups is 1. The SMILES string of the molecule is Cc1sc2ncn(CCC(C)CCS)c(=O)c2c1C. The van der Waals surface area contributed by atoms with Crippen molar-refractivity contribution in [1.29, 1.82) is 0 Å². The molecule has 2 rings (SSSR count). The Morgan fingerprint density at radius 3 is 2.84 bits per heavy atom. The summed E-state index contributed by atoms with van der Waals surface area (Å²) in [4.78, 5) is 18.9. The van der Waals surface area contributed by atoms with Gasteiger partial charge in [-0.05, 0) is 43.9 Å². The number of nitrogens with zero attached hydrogens (tertiary/aromatic N) is 2. The molecule has 0 spiro atoms. The smallest absolute Gasteiger partial charge is 0.262 e. The second-order valence-electron chi connectivity index (χ2n) is 5.11. The first kappa shape index (κ1) is 14.6. The summed E-state index contributed by atoms with van der Waals surface area (Å²) in [7, 11) is 0. The molecule has 0 aromatic carbocycles. The van der Waals surface area contributed by atoms with Crippen LogP contribution in [0.2, 0.25) is 0 Å². The van der Waals surface area contributed by atoms with Gasteiger partial charge in [0, 0.05) is 11.4 Å². The summed E-state index contributed by atoms with van der Waals surface area (Å²) in [6, 6.07) is 0. The Balaban J connectivity index is 2.28. The van der Waals surface area contributed by atoms with E-state index < -0.39 is 0 Å². The first-order valence-corrected chi connectivity index (χ1v) is 8.05. The molecule has 2 aromatic heterocycles. The van der Waals surface area contributed by atoms with Gasteiger partial charge in [0.1, 0.15) is 4.83 Å². The quantitative estimate of drug-likeness (QED) is 0.858. The third-order valence-electron chi connectivity index (χ3n) is 3.64. The van der Waals surface area contributed by atoms with Crippen LogP contribution in [0.1, 0.15) is 30.2 Å². The normalized spacial score (nSPS) is 13.1. The third-order valence-corrected chi connectivity index (χ3v) is 5.01. The van der Waals surface area contributed by atoms with Crippen molar-refractivity contribution in [3.8, 4) is 0 Å². The van der Waals surface area contributed by atoms with E-state index in [0.717, 1.165) is 40.9 Å². The third kappa shape index (κ3) is 3.03. The molecule has 0 aliphatic rings. The molecule has 0 N–H and O–H groups in total. The van der Waals surface area contributed by atoms with Crippen LogP contribution in [-0.4, -0.2) is 15.3 Å². The molecule has 0 aliphatic carbocycles. The molecule has 2 aromatic rings. The lowest BCUT2D eigenvalue weighted by Gasteiger charge is -2.10. The average molecular weight is 296 g/mol. The zero-order valence-electron chi connectivity index (χ0n) is 11.6. The highest BCUT2D eigenvalue weighted by Gasteiger charge is 2.12. The number of fused-ring (bicyclic) bond motifs is 1. The molecule has 0 saturated heterocycles. The van der Waals surface area contributed by atoms with E-state index in [1.165, 1.54) is 4.88 Å². The lowest BCUT2D eigenvalue weighted by Crippen LogP contribution is -2.21. The monoisotopic (exact) mass is 296 g/mol. The van der Waals surface area contributed by atoms with Crippen molar-refractivity contribution in [2.45, 2.75) is 40.2 Å². The minimum atomic E-state index is 0.102. The number of aromatic nitrogens is 2. The van der Waals surface area contributed by atoms with Crippen LogP contribution in [0.15, 0.2) is 11.1 Å². The van der Waals surface area contributed by atoms with Crippen molar-refractivity contribution >= 4 is 34.2 Å². The Labute approximate surface area is 123 Å². The lowest BCUT2D eigenvalue weighted by atomic mass is 10.1. The van der Waals surface area contributed by atoms with E-state index in [2.05, 4.69) is 24.5 Å². The Morgan fingerprint density at radius 2 is 2.16 bits per heavy atom. The van der Waals surface area contributed by atoms with E-state index in [1.807, 2.05) is 13.8 Å². The second kappa shape index (κ2) is 6.09. The molecule has 104 valence electrons. The largest absolute Gasteiger partial charge is 0.299 e. The van der Waals surface area contributed by atoms with Crippen LogP contribution < -0.4 is 5.56 Å². The van der Waals surface area contributed by atoms with E-state index >= 15 is 0 Å². The summed E-state index contributed by atoms with van der Waals surface area (Å²) in [5.41, 5.74) is 1.18. The van der Waals surface area contributed by atoms with Crippen molar-refractivity contribution in [2.75, 3.05) is 5.75 Å². The van der Waals surface area contributed by atoms with E-state index in [-0.39, 0.29) is 5.56 Å². The molecule has 0 amide bonds. The van der Waals surface area contributed by atoms with Crippen LogP contribution in [0.5, 0.6) is 0 Å². The van der Waals surface area contributed by atoms with Gasteiger partial charge in [-0.3, -0.25) is 9.36 Å². The number of hydrogen-bond acceptors (Lipinski definition) is 4. The minimum absolute atomic E-state index is 0.102. The highest BCUT2D eigenvalue weighted by Crippen LogP contribution is 2.25. The van der Waals surface area contributed by atoms with Crippen molar-refractivity contribution < 1.29 is 0 Å². The molecule has 5 heteroatoms. The van der Waals surface area contributed by atoms with Gasteiger partial charge < -0.3 is 0 Å². The summed E-state index contributed by atoms with van der Waals surface area (Å²) >= 11 is 5.85. The maximum Gasteiger partial charge on any atom is 0.262 e. The fourth-order valence-corrected chi connectivity index (χ4v) is 3.58. The predicted octanol–water partition coefficient (Wildman–Crippen LogP) is 3.42. The lowest BCUT2D eigenvalue weighted by molar-refractivity contribution is 0.465. The van der Waals surface area contributed by atoms with Crippen LogP contribution in [0.3, 0.4) is 0 Å². The first-order chi connectivity index (χ1) is 9.04. The molecule has 3 nitrogen and oxygen atoms in total. The highest BCUT2D eigenvalue weighted by molar-refractivity contribution is 7.80. The van der Waals surface area contributed by atoms with Gasteiger partial charge in [-0.2, -0.15) is 12.6 Å². The van der Waals surface area contributed by atoms with Gasteiger partial charge in [0.2, 0.25) is 0 Å². The molecule has 1 atom stereocenters. The van der Waals surface area contributed by atoms with Gasteiger partial charge in [0.15, 0.2) is 0 Å². The van der Waals surface area contributed by atoms with E-state index in [9.17, 15) is 4.79 Å². The molecule has 0 radical (unpaired) electrons. The predicted molar refractivity (Wildman–Crippen MR) is 85.6 cm³/mol. The zero-order valence-corrected chi connectivity index (χ0v) is 13.4. The summed E-state index contributed by atoms with van der Waals surface area (Å²) in [6.45, 7) is 6.99. The molecule has 2 heterocycles. The van der Waals surface area contributed by atoms with Gasteiger partial charge in [-0.15, -0.1) is 11.3 Å². The number of aryl methyl sites for hydroxylation is 3. The summed E-state index contributed by atoms with van der Waals surface area (Å²) in [5, 5.41) is 0.798. The summed E-state index contributed by atoms with van der Waals surface area (Å²) in [5.74, 6) is 1.49. The molecule has 0 fully saturated rings. The number of thiophene rings is 1. The molecule has 0 bridgehead atoms. The van der Waals surface area contributed by atoms with Crippen molar-refractivity contribution in [1.82, 2.24) is 9.55 Å². The topological polar surface area (TPSA) is 34.9 Å². The zero-order chi connectivity index (χ0) is 14.0. The van der Waals surface area contributed by atoms with Crippen LogP contribution in [0.25, 0.3) is 10.2 Å². The second-order valence-corrected chi connectivity index (χ2v) is 6.76. The van der Waals surface area contributed by atoms with E-state index in [4.69, 9.17) is 0 Å². The fourth-order valence-electron chi connectivity index (χ4n) is 2.15.